The van der Waals surface area contributed by atoms with Gasteiger partial charge in [0.1, 0.15) is 5.82 Å². The predicted octanol–water partition coefficient (Wildman–Crippen LogP) is 3.78. The van der Waals surface area contributed by atoms with Gasteiger partial charge in [0.05, 0.1) is 9.79 Å². The molecule has 0 aliphatic rings. The maximum atomic E-state index is 13.9. The maximum absolute atomic E-state index is 13.9. The van der Waals surface area contributed by atoms with Gasteiger partial charge >= 0.3 is 0 Å². The van der Waals surface area contributed by atoms with E-state index in [-0.39, 0.29) is 15.7 Å². The Hall–Kier alpha value is -1.68. The van der Waals surface area contributed by atoms with Crippen molar-refractivity contribution >= 4 is 9.84 Å². The van der Waals surface area contributed by atoms with Gasteiger partial charge in [0.2, 0.25) is 9.84 Å². The lowest BCUT2D eigenvalue weighted by molar-refractivity contribution is 0.581. The van der Waals surface area contributed by atoms with Crippen molar-refractivity contribution in [2.45, 2.75) is 29.6 Å². The molecule has 19 heavy (non-hydrogen) atoms. The molecule has 0 aliphatic carbocycles. The van der Waals surface area contributed by atoms with Crippen LogP contribution < -0.4 is 0 Å². The van der Waals surface area contributed by atoms with E-state index in [1.54, 1.807) is 18.2 Å². The van der Waals surface area contributed by atoms with Crippen molar-refractivity contribution in [3.63, 3.8) is 0 Å². The fraction of sp³-hybridized carbons (Fsp3) is 0.200. The zero-order valence-corrected chi connectivity index (χ0v) is 11.6. The third-order valence-electron chi connectivity index (χ3n) is 2.96. The average molecular weight is 278 g/mol. The Balaban J connectivity index is 2.51. The Morgan fingerprint density at radius 3 is 2.11 bits per heavy atom. The minimum absolute atomic E-state index is 0.0133. The number of hydrogen-bond acceptors (Lipinski definition) is 2. The zero-order chi connectivity index (χ0) is 14.0. The van der Waals surface area contributed by atoms with Crippen LogP contribution in [0.1, 0.15) is 25.3 Å². The molecule has 4 heteroatoms. The van der Waals surface area contributed by atoms with Crippen LogP contribution in [0.15, 0.2) is 58.3 Å². The third-order valence-corrected chi connectivity index (χ3v) is 4.73. The number of benzene rings is 2. The summed E-state index contributed by atoms with van der Waals surface area (Å²) >= 11 is 0. The predicted molar refractivity (Wildman–Crippen MR) is 72.4 cm³/mol. The van der Waals surface area contributed by atoms with Crippen LogP contribution in [-0.4, -0.2) is 8.42 Å². The molecule has 0 saturated heterocycles. The van der Waals surface area contributed by atoms with E-state index in [0.717, 1.165) is 6.07 Å². The van der Waals surface area contributed by atoms with E-state index >= 15 is 0 Å². The summed E-state index contributed by atoms with van der Waals surface area (Å²) in [6.07, 6.45) is 0. The van der Waals surface area contributed by atoms with E-state index < -0.39 is 15.7 Å². The molecule has 0 aliphatic heterocycles. The van der Waals surface area contributed by atoms with Crippen molar-refractivity contribution in [1.82, 2.24) is 0 Å². The highest BCUT2D eigenvalue weighted by atomic mass is 32.2. The molecule has 0 aromatic heterocycles. The summed E-state index contributed by atoms with van der Waals surface area (Å²) in [6, 6.07) is 12.1. The van der Waals surface area contributed by atoms with E-state index in [4.69, 9.17) is 0 Å². The van der Waals surface area contributed by atoms with E-state index in [2.05, 4.69) is 0 Å². The summed E-state index contributed by atoms with van der Waals surface area (Å²) in [5, 5.41) is 0. The molecular weight excluding hydrogens is 263 g/mol. The minimum atomic E-state index is -3.64. The molecule has 100 valence electrons. The first-order valence-corrected chi connectivity index (χ1v) is 7.51. The van der Waals surface area contributed by atoms with Gasteiger partial charge in [-0.3, -0.25) is 0 Å². The van der Waals surface area contributed by atoms with Gasteiger partial charge < -0.3 is 0 Å². The van der Waals surface area contributed by atoms with Crippen LogP contribution in [0.4, 0.5) is 4.39 Å². The fourth-order valence-electron chi connectivity index (χ4n) is 1.88. The summed E-state index contributed by atoms with van der Waals surface area (Å²) in [7, 11) is -3.64. The number of rotatable bonds is 3. The zero-order valence-electron chi connectivity index (χ0n) is 10.8. The second-order valence-corrected chi connectivity index (χ2v) is 6.60. The molecule has 0 fully saturated rings. The van der Waals surface area contributed by atoms with Gasteiger partial charge in [-0.25, -0.2) is 12.8 Å². The first-order chi connectivity index (χ1) is 8.93. The molecular formula is C15H15FO2S. The van der Waals surface area contributed by atoms with Gasteiger partial charge in [-0.2, -0.15) is 0 Å². The summed E-state index contributed by atoms with van der Waals surface area (Å²) in [5.74, 6) is -0.458. The Morgan fingerprint density at radius 1 is 0.947 bits per heavy atom. The van der Waals surface area contributed by atoms with Crippen LogP contribution >= 0.6 is 0 Å². The van der Waals surface area contributed by atoms with Crippen LogP contribution in [0.2, 0.25) is 0 Å². The van der Waals surface area contributed by atoms with E-state index in [1.807, 2.05) is 13.8 Å². The summed E-state index contributed by atoms with van der Waals surface area (Å²) < 4.78 is 38.5. The van der Waals surface area contributed by atoms with Crippen molar-refractivity contribution in [3.8, 4) is 0 Å². The SMILES string of the molecule is CC(C)c1ccc(S(=O)(=O)c2ccccc2)cc1F. The van der Waals surface area contributed by atoms with Gasteiger partial charge in [-0.15, -0.1) is 0 Å². The lowest BCUT2D eigenvalue weighted by Crippen LogP contribution is -2.04. The van der Waals surface area contributed by atoms with Crippen molar-refractivity contribution in [2.24, 2.45) is 0 Å². The number of hydrogen-bond donors (Lipinski definition) is 0. The van der Waals surface area contributed by atoms with Crippen LogP contribution in [0.3, 0.4) is 0 Å². The summed E-state index contributed by atoms with van der Waals surface area (Å²) in [6.45, 7) is 3.73. The Kier molecular flexibility index (Phi) is 3.71. The van der Waals surface area contributed by atoms with Crippen LogP contribution in [0.5, 0.6) is 0 Å². The normalized spacial score (nSPS) is 11.8. The molecule has 0 saturated carbocycles. The maximum Gasteiger partial charge on any atom is 0.206 e. The third kappa shape index (κ3) is 2.68. The summed E-state index contributed by atoms with van der Waals surface area (Å²) in [5.41, 5.74) is 0.520. The molecule has 2 nitrogen and oxygen atoms in total. The van der Waals surface area contributed by atoms with Gasteiger partial charge in [0.25, 0.3) is 0 Å². The molecule has 0 N–H and O–H groups in total. The van der Waals surface area contributed by atoms with Crippen molar-refractivity contribution in [2.75, 3.05) is 0 Å². The van der Waals surface area contributed by atoms with Gasteiger partial charge in [-0.05, 0) is 35.7 Å². The highest BCUT2D eigenvalue weighted by Crippen LogP contribution is 2.25. The second-order valence-electron chi connectivity index (χ2n) is 4.65. The highest BCUT2D eigenvalue weighted by Gasteiger charge is 2.19. The lowest BCUT2D eigenvalue weighted by Gasteiger charge is -2.09. The van der Waals surface area contributed by atoms with Crippen molar-refractivity contribution < 1.29 is 12.8 Å². The molecule has 2 rings (SSSR count). The molecule has 2 aromatic carbocycles. The molecule has 0 heterocycles. The fourth-order valence-corrected chi connectivity index (χ4v) is 3.17. The first kappa shape index (κ1) is 13.7. The monoisotopic (exact) mass is 278 g/mol. The molecule has 2 aromatic rings. The molecule has 0 amide bonds. The molecule has 0 radical (unpaired) electrons. The Bertz CT molecular complexity index is 677. The smallest absolute Gasteiger partial charge is 0.206 e. The highest BCUT2D eigenvalue weighted by molar-refractivity contribution is 7.91. The molecule has 0 bridgehead atoms. The largest absolute Gasteiger partial charge is 0.219 e. The quantitative estimate of drug-likeness (QED) is 0.856. The van der Waals surface area contributed by atoms with Crippen LogP contribution in [0.25, 0.3) is 0 Å². The first-order valence-electron chi connectivity index (χ1n) is 6.02. The molecule has 0 atom stereocenters. The van der Waals surface area contributed by atoms with Gasteiger partial charge in [-0.1, -0.05) is 38.1 Å². The lowest BCUT2D eigenvalue weighted by atomic mass is 10.0. The van der Waals surface area contributed by atoms with Crippen molar-refractivity contribution in [1.29, 1.82) is 0 Å². The van der Waals surface area contributed by atoms with Gasteiger partial charge in [0.15, 0.2) is 0 Å². The topological polar surface area (TPSA) is 34.1 Å². The second kappa shape index (κ2) is 5.13. The van der Waals surface area contributed by atoms with E-state index in [1.165, 1.54) is 24.3 Å². The van der Waals surface area contributed by atoms with Gasteiger partial charge in [0, 0.05) is 0 Å². The standard InChI is InChI=1S/C15H15FO2S/c1-11(2)14-9-8-13(10-15(14)16)19(17,18)12-6-4-3-5-7-12/h3-11H,1-2H3. The number of halogens is 1. The summed E-state index contributed by atoms with van der Waals surface area (Å²) in [4.78, 5) is 0.160. The van der Waals surface area contributed by atoms with Crippen LogP contribution in [-0.2, 0) is 9.84 Å². The number of sulfone groups is 1. The molecule has 0 spiro atoms. The average Bonchev–Trinajstić information content (AvgIpc) is 2.39. The Labute approximate surface area is 112 Å². The van der Waals surface area contributed by atoms with Crippen molar-refractivity contribution in [3.05, 3.63) is 59.9 Å². The minimum Gasteiger partial charge on any atom is -0.219 e. The van der Waals surface area contributed by atoms with E-state index in [9.17, 15) is 12.8 Å². The van der Waals surface area contributed by atoms with E-state index in [0.29, 0.717) is 5.56 Å². The molecule has 0 unspecified atom stereocenters. The Morgan fingerprint density at radius 2 is 1.58 bits per heavy atom. The van der Waals surface area contributed by atoms with Crippen LogP contribution in [0, 0.1) is 5.82 Å².